The molecule has 0 spiro atoms. The molecule has 0 aromatic heterocycles. The average molecular weight is 224 g/mol. The van der Waals surface area contributed by atoms with Gasteiger partial charge in [-0.15, -0.1) is 0 Å². The molecule has 0 radical (unpaired) electrons. The van der Waals surface area contributed by atoms with E-state index < -0.39 is 0 Å². The average Bonchev–Trinajstić information content (AvgIpc) is 2.28. The highest BCUT2D eigenvalue weighted by atomic mass is 14.1. The van der Waals surface area contributed by atoms with Gasteiger partial charge in [-0.2, -0.15) is 0 Å². The zero-order valence-electron chi connectivity index (χ0n) is 12.2. The number of hydrogen-bond donors (Lipinski definition) is 0. The fourth-order valence-electron chi connectivity index (χ4n) is 2.32. The minimum absolute atomic E-state index is 0.765. The highest BCUT2D eigenvalue weighted by Gasteiger charge is 2.09. The van der Waals surface area contributed by atoms with Gasteiger partial charge in [-0.1, -0.05) is 78.4 Å². The molecule has 0 bridgehead atoms. The fraction of sp³-hybridized carbons (Fsp3) is 0.875. The van der Waals surface area contributed by atoms with Crippen molar-refractivity contribution in [2.45, 2.75) is 79.6 Å². The normalized spacial score (nSPS) is 16.2. The molecule has 2 atom stereocenters. The van der Waals surface area contributed by atoms with E-state index in [9.17, 15) is 0 Å². The molecule has 0 aromatic rings. The Balaban J connectivity index is 4.34. The molecule has 0 saturated heterocycles. The first-order chi connectivity index (χ1) is 7.67. The van der Waals surface area contributed by atoms with Gasteiger partial charge < -0.3 is 0 Å². The fourth-order valence-corrected chi connectivity index (χ4v) is 2.32. The first-order valence-electron chi connectivity index (χ1n) is 7.37. The van der Waals surface area contributed by atoms with Crippen LogP contribution in [0.1, 0.15) is 79.6 Å². The molecule has 0 nitrogen and oxygen atoms in total. The predicted octanol–water partition coefficient (Wildman–Crippen LogP) is 5.98. The maximum absolute atomic E-state index is 2.54. The molecule has 16 heavy (non-hydrogen) atoms. The van der Waals surface area contributed by atoms with Crippen molar-refractivity contribution in [2.24, 2.45) is 11.8 Å². The predicted molar refractivity (Wildman–Crippen MR) is 75.8 cm³/mol. The Kier molecular flexibility index (Phi) is 9.77. The third kappa shape index (κ3) is 7.09. The van der Waals surface area contributed by atoms with Gasteiger partial charge in [-0.05, 0) is 24.7 Å². The van der Waals surface area contributed by atoms with Gasteiger partial charge in [0.15, 0.2) is 0 Å². The minimum atomic E-state index is 0.765. The van der Waals surface area contributed by atoms with Crippen LogP contribution in [0.25, 0.3) is 0 Å². The van der Waals surface area contributed by atoms with Crippen molar-refractivity contribution in [1.29, 1.82) is 0 Å². The SMILES string of the molecule is CCCC(=CC(C)CC)CC(CC)CCC. The quantitative estimate of drug-likeness (QED) is 0.423. The second-order valence-corrected chi connectivity index (χ2v) is 5.23. The Morgan fingerprint density at radius 3 is 2.12 bits per heavy atom. The van der Waals surface area contributed by atoms with Crippen molar-refractivity contribution >= 4 is 0 Å². The van der Waals surface area contributed by atoms with Crippen LogP contribution in [-0.2, 0) is 0 Å². The lowest BCUT2D eigenvalue weighted by Crippen LogP contribution is -2.02. The standard InChI is InChI=1S/C16H32/c1-6-10-15(9-4)13-16(11-7-2)12-14(5)8-3/h12,14-15H,6-11,13H2,1-5H3. The van der Waals surface area contributed by atoms with Crippen LogP contribution in [0.4, 0.5) is 0 Å². The topological polar surface area (TPSA) is 0 Å². The monoisotopic (exact) mass is 224 g/mol. The molecule has 0 heteroatoms. The van der Waals surface area contributed by atoms with Crippen LogP contribution in [0.5, 0.6) is 0 Å². The van der Waals surface area contributed by atoms with Gasteiger partial charge in [-0.25, -0.2) is 0 Å². The Morgan fingerprint density at radius 2 is 1.69 bits per heavy atom. The van der Waals surface area contributed by atoms with E-state index in [1.165, 1.54) is 44.9 Å². The first kappa shape index (κ1) is 15.7. The molecular weight excluding hydrogens is 192 g/mol. The van der Waals surface area contributed by atoms with Gasteiger partial charge in [0.05, 0.1) is 0 Å². The summed E-state index contributed by atoms with van der Waals surface area (Å²) in [5.41, 5.74) is 1.72. The summed E-state index contributed by atoms with van der Waals surface area (Å²) in [5, 5.41) is 0. The van der Waals surface area contributed by atoms with E-state index in [0.29, 0.717) is 0 Å². The zero-order chi connectivity index (χ0) is 12.4. The summed E-state index contributed by atoms with van der Waals surface area (Å²) in [5.74, 6) is 1.69. The highest BCUT2D eigenvalue weighted by Crippen LogP contribution is 2.24. The van der Waals surface area contributed by atoms with Gasteiger partial charge in [0, 0.05) is 0 Å². The molecule has 0 N–H and O–H groups in total. The summed E-state index contributed by atoms with van der Waals surface area (Å²) >= 11 is 0. The molecule has 96 valence electrons. The van der Waals surface area contributed by atoms with Crippen LogP contribution >= 0.6 is 0 Å². The molecule has 0 heterocycles. The molecular formula is C16H32. The maximum Gasteiger partial charge on any atom is -0.0262 e. The van der Waals surface area contributed by atoms with Crippen LogP contribution in [0, 0.1) is 11.8 Å². The summed E-state index contributed by atoms with van der Waals surface area (Å²) in [6.45, 7) is 11.6. The van der Waals surface area contributed by atoms with E-state index in [2.05, 4.69) is 40.7 Å². The minimum Gasteiger partial charge on any atom is -0.0825 e. The van der Waals surface area contributed by atoms with E-state index >= 15 is 0 Å². The Bertz CT molecular complexity index is 178. The summed E-state index contributed by atoms with van der Waals surface area (Å²) in [6.07, 6.45) is 11.9. The third-order valence-corrected chi connectivity index (χ3v) is 3.56. The largest absolute Gasteiger partial charge is 0.0825 e. The van der Waals surface area contributed by atoms with Gasteiger partial charge in [0.2, 0.25) is 0 Å². The molecule has 0 rings (SSSR count). The first-order valence-corrected chi connectivity index (χ1v) is 7.37. The number of rotatable bonds is 9. The Hall–Kier alpha value is -0.260. The van der Waals surface area contributed by atoms with E-state index in [1.807, 2.05) is 0 Å². The van der Waals surface area contributed by atoms with Crippen molar-refractivity contribution in [3.63, 3.8) is 0 Å². The lowest BCUT2D eigenvalue weighted by molar-refractivity contribution is 0.452. The Labute approximate surface area is 104 Å². The van der Waals surface area contributed by atoms with Crippen molar-refractivity contribution in [1.82, 2.24) is 0 Å². The summed E-state index contributed by atoms with van der Waals surface area (Å²) in [6, 6.07) is 0. The van der Waals surface area contributed by atoms with Crippen LogP contribution < -0.4 is 0 Å². The van der Waals surface area contributed by atoms with Gasteiger partial charge in [-0.3, -0.25) is 0 Å². The van der Waals surface area contributed by atoms with Crippen LogP contribution in [0.3, 0.4) is 0 Å². The lowest BCUT2D eigenvalue weighted by Gasteiger charge is -2.17. The second-order valence-electron chi connectivity index (χ2n) is 5.23. The molecule has 0 aliphatic carbocycles. The smallest absolute Gasteiger partial charge is 0.0262 e. The van der Waals surface area contributed by atoms with Crippen molar-refractivity contribution in [3.05, 3.63) is 11.6 Å². The van der Waals surface area contributed by atoms with Crippen LogP contribution in [-0.4, -0.2) is 0 Å². The Morgan fingerprint density at radius 1 is 1.00 bits per heavy atom. The second kappa shape index (κ2) is 9.93. The lowest BCUT2D eigenvalue weighted by atomic mass is 9.89. The molecule has 0 fully saturated rings. The molecule has 0 aromatic carbocycles. The van der Waals surface area contributed by atoms with Crippen molar-refractivity contribution in [3.8, 4) is 0 Å². The molecule has 0 saturated carbocycles. The number of allylic oxidation sites excluding steroid dienone is 2. The van der Waals surface area contributed by atoms with E-state index in [0.717, 1.165) is 11.8 Å². The zero-order valence-corrected chi connectivity index (χ0v) is 12.2. The molecule has 0 aliphatic rings. The summed E-state index contributed by atoms with van der Waals surface area (Å²) in [7, 11) is 0. The van der Waals surface area contributed by atoms with Crippen molar-refractivity contribution in [2.75, 3.05) is 0 Å². The van der Waals surface area contributed by atoms with Crippen LogP contribution in [0.2, 0.25) is 0 Å². The number of hydrogen-bond acceptors (Lipinski definition) is 0. The third-order valence-electron chi connectivity index (χ3n) is 3.56. The van der Waals surface area contributed by atoms with Gasteiger partial charge in [0.1, 0.15) is 0 Å². The van der Waals surface area contributed by atoms with E-state index in [-0.39, 0.29) is 0 Å². The van der Waals surface area contributed by atoms with Crippen LogP contribution in [0.15, 0.2) is 11.6 Å². The maximum atomic E-state index is 2.54. The highest BCUT2D eigenvalue weighted by molar-refractivity contribution is 5.04. The van der Waals surface area contributed by atoms with Gasteiger partial charge >= 0.3 is 0 Å². The van der Waals surface area contributed by atoms with Crippen molar-refractivity contribution < 1.29 is 0 Å². The summed E-state index contributed by atoms with van der Waals surface area (Å²) < 4.78 is 0. The molecule has 0 aliphatic heterocycles. The molecule has 0 amide bonds. The van der Waals surface area contributed by atoms with E-state index in [4.69, 9.17) is 0 Å². The van der Waals surface area contributed by atoms with E-state index in [1.54, 1.807) is 5.57 Å². The summed E-state index contributed by atoms with van der Waals surface area (Å²) in [4.78, 5) is 0. The van der Waals surface area contributed by atoms with Gasteiger partial charge in [0.25, 0.3) is 0 Å². The molecule has 2 unspecified atom stereocenters.